The molecule has 0 saturated carbocycles. The Morgan fingerprint density at radius 2 is 2.19 bits per heavy atom. The van der Waals surface area contributed by atoms with Gasteiger partial charge in [-0.15, -0.1) is 11.8 Å². The fourth-order valence-corrected chi connectivity index (χ4v) is 5.58. The third kappa shape index (κ3) is 4.28. The fraction of sp³-hybridized carbons (Fsp3) is 0.360. The minimum atomic E-state index is -0.381. The number of nitrogens with zero attached hydrogens (tertiary/aromatic N) is 3. The van der Waals surface area contributed by atoms with Crippen molar-refractivity contribution in [2.45, 2.75) is 23.3 Å². The quantitative estimate of drug-likeness (QED) is 0.465. The number of fused-ring (bicyclic) bond motifs is 4. The largest absolute Gasteiger partial charge is 0.491 e. The van der Waals surface area contributed by atoms with Gasteiger partial charge in [-0.05, 0) is 37.2 Å². The summed E-state index contributed by atoms with van der Waals surface area (Å²) in [4.78, 5) is 35.9. The lowest BCUT2D eigenvalue weighted by molar-refractivity contribution is -0.113. The summed E-state index contributed by atoms with van der Waals surface area (Å²) in [7, 11) is 1.60. The zero-order valence-electron chi connectivity index (χ0n) is 19.7. The number of cyclic esters (lactones) is 1. The first-order chi connectivity index (χ1) is 17.6. The van der Waals surface area contributed by atoms with Crippen molar-refractivity contribution in [2.75, 3.05) is 49.3 Å². The van der Waals surface area contributed by atoms with Crippen LogP contribution in [0.25, 0.3) is 11.0 Å². The number of aromatic nitrogens is 2. The summed E-state index contributed by atoms with van der Waals surface area (Å²) in [6.07, 6.45) is 1.96. The molecule has 3 aromatic rings. The molecule has 0 radical (unpaired) electrons. The van der Waals surface area contributed by atoms with Gasteiger partial charge in [0, 0.05) is 34.7 Å². The lowest BCUT2D eigenvalue weighted by Gasteiger charge is -2.20. The van der Waals surface area contributed by atoms with Gasteiger partial charge in [0.15, 0.2) is 0 Å². The van der Waals surface area contributed by atoms with Crippen LogP contribution in [-0.2, 0) is 9.53 Å². The van der Waals surface area contributed by atoms with E-state index >= 15 is 0 Å². The first-order valence-electron chi connectivity index (χ1n) is 11.8. The van der Waals surface area contributed by atoms with E-state index in [0.717, 1.165) is 45.9 Å². The van der Waals surface area contributed by atoms with E-state index in [2.05, 4.69) is 20.6 Å². The van der Waals surface area contributed by atoms with Gasteiger partial charge in [-0.2, -0.15) is 0 Å². The lowest BCUT2D eigenvalue weighted by atomic mass is 9.97. The first-order valence-corrected chi connectivity index (χ1v) is 12.8. The summed E-state index contributed by atoms with van der Waals surface area (Å²) in [5.41, 5.74) is 4.15. The molecule has 2 aromatic heterocycles. The van der Waals surface area contributed by atoms with Gasteiger partial charge in [-0.3, -0.25) is 14.7 Å². The van der Waals surface area contributed by atoms with Crippen molar-refractivity contribution >= 4 is 46.2 Å². The minimum absolute atomic E-state index is 0.0369. The topological polar surface area (TPSA) is 115 Å². The molecule has 0 bridgehead atoms. The lowest BCUT2D eigenvalue weighted by Crippen LogP contribution is -2.32. The van der Waals surface area contributed by atoms with Crippen LogP contribution in [0.15, 0.2) is 41.4 Å². The van der Waals surface area contributed by atoms with E-state index < -0.39 is 0 Å². The molecular formula is C25H25N5O5S. The maximum absolute atomic E-state index is 12.5. The van der Waals surface area contributed by atoms with Crippen LogP contribution in [0.1, 0.15) is 17.9 Å². The van der Waals surface area contributed by atoms with Gasteiger partial charge in [-0.25, -0.2) is 9.78 Å². The molecule has 1 saturated heterocycles. The molecule has 186 valence electrons. The molecule has 0 aliphatic carbocycles. The Hall–Kier alpha value is -3.57. The highest BCUT2D eigenvalue weighted by Gasteiger charge is 2.33. The Labute approximate surface area is 211 Å². The Morgan fingerprint density at radius 1 is 1.28 bits per heavy atom. The number of hydrogen-bond donors (Lipinski definition) is 2. The summed E-state index contributed by atoms with van der Waals surface area (Å²) >= 11 is 1.49. The molecule has 2 atom stereocenters. The molecular weight excluding hydrogens is 482 g/mol. The summed E-state index contributed by atoms with van der Waals surface area (Å²) in [5.74, 6) is 1.87. The van der Waals surface area contributed by atoms with Crippen molar-refractivity contribution in [3.63, 3.8) is 0 Å². The molecule has 36 heavy (non-hydrogen) atoms. The number of rotatable bonds is 7. The van der Waals surface area contributed by atoms with Crippen LogP contribution in [0, 0.1) is 0 Å². The smallest absolute Gasteiger partial charge is 0.414 e. The van der Waals surface area contributed by atoms with Gasteiger partial charge in [-0.1, -0.05) is 0 Å². The SMILES string of the molecule is COc1ccc2ncc3c(c2n1)C(CCNC[C@H]1CN(c2ccc4c(c2)NC(=O)CS4)C(=O)O1)CO3. The van der Waals surface area contributed by atoms with E-state index in [4.69, 9.17) is 14.2 Å². The number of amides is 2. The van der Waals surface area contributed by atoms with Gasteiger partial charge in [0.25, 0.3) is 0 Å². The minimum Gasteiger partial charge on any atom is -0.491 e. The number of benzene rings is 1. The Balaban J connectivity index is 1.05. The highest BCUT2D eigenvalue weighted by atomic mass is 32.2. The molecule has 0 spiro atoms. The molecule has 1 fully saturated rings. The van der Waals surface area contributed by atoms with Gasteiger partial charge in [0.05, 0.1) is 43.4 Å². The molecule has 3 aliphatic heterocycles. The molecule has 1 aromatic carbocycles. The third-order valence-corrected chi connectivity index (χ3v) is 7.64. The monoisotopic (exact) mass is 507 g/mol. The Bertz CT molecular complexity index is 1350. The Kier molecular flexibility index (Phi) is 6.02. The van der Waals surface area contributed by atoms with Gasteiger partial charge < -0.3 is 24.8 Å². The number of ether oxygens (including phenoxy) is 3. The normalized spacial score (nSPS) is 20.5. The van der Waals surface area contributed by atoms with Crippen molar-refractivity contribution in [1.82, 2.24) is 15.3 Å². The molecule has 5 heterocycles. The highest BCUT2D eigenvalue weighted by Crippen LogP contribution is 2.40. The summed E-state index contributed by atoms with van der Waals surface area (Å²) in [6, 6.07) is 9.36. The summed E-state index contributed by atoms with van der Waals surface area (Å²) in [5, 5.41) is 6.29. The highest BCUT2D eigenvalue weighted by molar-refractivity contribution is 8.00. The van der Waals surface area contributed by atoms with Gasteiger partial charge in [0.2, 0.25) is 11.8 Å². The van der Waals surface area contributed by atoms with Crippen LogP contribution in [0.3, 0.4) is 0 Å². The van der Waals surface area contributed by atoms with E-state index in [-0.39, 0.29) is 24.0 Å². The summed E-state index contributed by atoms with van der Waals surface area (Å²) < 4.78 is 16.7. The number of hydrogen-bond acceptors (Lipinski definition) is 9. The number of carbonyl (C=O) groups is 2. The Morgan fingerprint density at radius 3 is 3.08 bits per heavy atom. The average Bonchev–Trinajstić information content (AvgIpc) is 3.49. The molecule has 11 heteroatoms. The molecule has 1 unspecified atom stereocenters. The van der Waals surface area contributed by atoms with Gasteiger partial charge in [0.1, 0.15) is 17.4 Å². The maximum Gasteiger partial charge on any atom is 0.414 e. The van der Waals surface area contributed by atoms with Crippen LogP contribution < -0.4 is 25.0 Å². The standard InChI is InChI=1S/C25H25N5O5S/c1-33-22-5-3-17-24(29-22)23-14(12-34-19(23)10-27-17)6-7-26-9-16-11-30(25(32)35-16)15-2-4-20-18(8-15)28-21(31)13-36-20/h2-5,8,10,14,16,26H,6-7,9,11-13H2,1H3,(H,28,31)/t14?,16-/m0/s1. The van der Waals surface area contributed by atoms with Crippen molar-refractivity contribution in [3.05, 3.63) is 42.1 Å². The van der Waals surface area contributed by atoms with Gasteiger partial charge >= 0.3 is 6.09 Å². The van der Waals surface area contributed by atoms with E-state index in [1.54, 1.807) is 24.3 Å². The van der Waals surface area contributed by atoms with E-state index in [1.807, 2.05) is 24.3 Å². The second kappa shape index (κ2) is 9.47. The van der Waals surface area contributed by atoms with Crippen LogP contribution in [0.5, 0.6) is 11.6 Å². The average molecular weight is 508 g/mol. The maximum atomic E-state index is 12.5. The molecule has 3 aliphatic rings. The zero-order valence-corrected chi connectivity index (χ0v) is 20.5. The number of thioether (sulfide) groups is 1. The second-order valence-corrected chi connectivity index (χ2v) is 9.91. The first kappa shape index (κ1) is 22.9. The predicted molar refractivity (Wildman–Crippen MR) is 135 cm³/mol. The second-order valence-electron chi connectivity index (χ2n) is 8.89. The zero-order chi connectivity index (χ0) is 24.6. The van der Waals surface area contributed by atoms with Crippen LogP contribution >= 0.6 is 11.8 Å². The van der Waals surface area contributed by atoms with Crippen LogP contribution in [0.2, 0.25) is 0 Å². The molecule has 6 rings (SSSR count). The molecule has 2 amide bonds. The number of anilines is 2. The molecule has 10 nitrogen and oxygen atoms in total. The number of nitrogens with one attached hydrogen (secondary N) is 2. The van der Waals surface area contributed by atoms with Crippen molar-refractivity contribution in [3.8, 4) is 11.6 Å². The number of methoxy groups -OCH3 is 1. The molecule has 2 N–H and O–H groups in total. The van der Waals surface area contributed by atoms with Crippen LogP contribution in [-0.4, -0.2) is 67.2 Å². The van der Waals surface area contributed by atoms with Crippen molar-refractivity contribution in [1.29, 1.82) is 0 Å². The van der Waals surface area contributed by atoms with Crippen molar-refractivity contribution in [2.24, 2.45) is 0 Å². The van der Waals surface area contributed by atoms with Crippen LogP contribution in [0.4, 0.5) is 16.2 Å². The summed E-state index contributed by atoms with van der Waals surface area (Å²) in [6.45, 7) is 2.30. The third-order valence-electron chi connectivity index (χ3n) is 6.57. The van der Waals surface area contributed by atoms with E-state index in [9.17, 15) is 9.59 Å². The predicted octanol–water partition coefficient (Wildman–Crippen LogP) is 3.16. The number of carbonyl (C=O) groups excluding carboxylic acids is 2. The van der Waals surface area contributed by atoms with Crippen molar-refractivity contribution < 1.29 is 23.8 Å². The number of pyridine rings is 2. The van der Waals surface area contributed by atoms with E-state index in [0.29, 0.717) is 37.0 Å². The fourth-order valence-electron chi connectivity index (χ4n) is 4.79. The van der Waals surface area contributed by atoms with E-state index in [1.165, 1.54) is 11.8 Å².